The van der Waals surface area contributed by atoms with E-state index in [1.165, 1.54) is 12.1 Å². The van der Waals surface area contributed by atoms with Crippen molar-refractivity contribution in [1.82, 2.24) is 10.2 Å². The van der Waals surface area contributed by atoms with Gasteiger partial charge in [0.25, 0.3) is 0 Å². The number of nitrogens with zero attached hydrogens (tertiary/aromatic N) is 1. The van der Waals surface area contributed by atoms with Gasteiger partial charge in [-0.1, -0.05) is 11.8 Å². The van der Waals surface area contributed by atoms with E-state index in [0.717, 1.165) is 20.7 Å². The third-order valence-corrected chi connectivity index (χ3v) is 3.81. The quantitative estimate of drug-likeness (QED) is 0.771. The van der Waals surface area contributed by atoms with Crippen LogP contribution in [0.1, 0.15) is 5.69 Å². The largest absolute Gasteiger partial charge is 0.390 e. The maximum Gasteiger partial charge on any atom is 0.123 e. The monoisotopic (exact) mass is 276 g/mol. The molecule has 0 aliphatic heterocycles. The molecule has 0 unspecified atom stereocenters. The van der Waals surface area contributed by atoms with Gasteiger partial charge in [0, 0.05) is 15.2 Å². The number of aromatic nitrogens is 2. The van der Waals surface area contributed by atoms with Crippen LogP contribution < -0.4 is 0 Å². The summed E-state index contributed by atoms with van der Waals surface area (Å²) in [4.78, 5) is 2.01. The number of rotatable bonds is 3. The van der Waals surface area contributed by atoms with Crippen LogP contribution in [0.5, 0.6) is 0 Å². The average Bonchev–Trinajstić information content (AvgIpc) is 2.83. The normalized spacial score (nSPS) is 11.1. The lowest BCUT2D eigenvalue weighted by Crippen LogP contribution is -1.82. The Morgan fingerprint density at radius 3 is 2.58 bits per heavy atom. The molecule has 2 aromatic carbocycles. The average molecular weight is 276 g/mol. The molecular formula is C14H11FN2OS. The van der Waals surface area contributed by atoms with Crippen LogP contribution in [0.25, 0.3) is 10.9 Å². The van der Waals surface area contributed by atoms with Gasteiger partial charge in [-0.25, -0.2) is 4.39 Å². The van der Waals surface area contributed by atoms with Gasteiger partial charge in [0.15, 0.2) is 0 Å². The van der Waals surface area contributed by atoms with E-state index in [1.54, 1.807) is 23.9 Å². The van der Waals surface area contributed by atoms with Crippen molar-refractivity contribution in [3.8, 4) is 0 Å². The first kappa shape index (κ1) is 12.2. The fourth-order valence-electron chi connectivity index (χ4n) is 1.88. The second-order valence-electron chi connectivity index (χ2n) is 4.09. The molecule has 0 aliphatic rings. The fourth-order valence-corrected chi connectivity index (χ4v) is 2.74. The minimum Gasteiger partial charge on any atom is -0.390 e. The lowest BCUT2D eigenvalue weighted by atomic mass is 10.2. The maximum absolute atomic E-state index is 12.8. The van der Waals surface area contributed by atoms with Crippen molar-refractivity contribution in [2.45, 2.75) is 16.4 Å². The summed E-state index contributed by atoms with van der Waals surface area (Å²) >= 11 is 1.55. The number of aliphatic hydroxyl groups is 1. The Balaban J connectivity index is 1.91. The molecule has 1 aromatic heterocycles. The van der Waals surface area contributed by atoms with Crippen molar-refractivity contribution in [2.24, 2.45) is 0 Å². The van der Waals surface area contributed by atoms with Gasteiger partial charge in [-0.05, 0) is 42.5 Å². The molecular weight excluding hydrogens is 265 g/mol. The third kappa shape index (κ3) is 2.47. The first-order valence-electron chi connectivity index (χ1n) is 5.77. The highest BCUT2D eigenvalue weighted by atomic mass is 32.2. The third-order valence-electron chi connectivity index (χ3n) is 2.81. The summed E-state index contributed by atoms with van der Waals surface area (Å²) in [6, 6.07) is 12.2. The molecule has 0 atom stereocenters. The zero-order valence-corrected chi connectivity index (χ0v) is 10.7. The summed E-state index contributed by atoms with van der Waals surface area (Å²) in [5, 5.41) is 17.0. The van der Waals surface area contributed by atoms with Gasteiger partial charge >= 0.3 is 0 Å². The first-order chi connectivity index (χ1) is 9.26. The molecule has 0 fully saturated rings. The van der Waals surface area contributed by atoms with Crippen LogP contribution in [-0.4, -0.2) is 15.3 Å². The van der Waals surface area contributed by atoms with Crippen molar-refractivity contribution in [3.63, 3.8) is 0 Å². The van der Waals surface area contributed by atoms with Gasteiger partial charge < -0.3 is 5.11 Å². The summed E-state index contributed by atoms with van der Waals surface area (Å²) in [5.74, 6) is -0.235. The molecule has 0 radical (unpaired) electrons. The fraction of sp³-hybridized carbons (Fsp3) is 0.0714. The van der Waals surface area contributed by atoms with Crippen molar-refractivity contribution < 1.29 is 9.50 Å². The highest BCUT2D eigenvalue weighted by molar-refractivity contribution is 7.99. The molecule has 3 rings (SSSR count). The highest BCUT2D eigenvalue weighted by Crippen LogP contribution is 2.30. The Labute approximate surface area is 113 Å². The molecule has 3 nitrogen and oxygen atoms in total. The summed E-state index contributed by atoms with van der Waals surface area (Å²) in [7, 11) is 0. The van der Waals surface area contributed by atoms with E-state index in [1.807, 2.05) is 18.2 Å². The molecule has 0 saturated carbocycles. The Hall–Kier alpha value is -1.85. The molecule has 19 heavy (non-hydrogen) atoms. The second-order valence-corrected chi connectivity index (χ2v) is 5.24. The Morgan fingerprint density at radius 2 is 1.84 bits per heavy atom. The first-order valence-corrected chi connectivity index (χ1v) is 6.59. The van der Waals surface area contributed by atoms with E-state index in [2.05, 4.69) is 10.2 Å². The van der Waals surface area contributed by atoms with Gasteiger partial charge in [-0.15, -0.1) is 0 Å². The number of hydrogen-bond donors (Lipinski definition) is 2. The second kappa shape index (κ2) is 5.03. The van der Waals surface area contributed by atoms with Crippen molar-refractivity contribution >= 4 is 22.7 Å². The lowest BCUT2D eigenvalue weighted by molar-refractivity contribution is 0.278. The van der Waals surface area contributed by atoms with E-state index in [0.29, 0.717) is 5.69 Å². The molecule has 0 amide bonds. The van der Waals surface area contributed by atoms with Gasteiger partial charge in [0.2, 0.25) is 0 Å². The number of H-pyrrole nitrogens is 1. The number of halogens is 1. The molecule has 0 saturated heterocycles. The van der Waals surface area contributed by atoms with E-state index in [9.17, 15) is 4.39 Å². The summed E-state index contributed by atoms with van der Waals surface area (Å²) in [5.41, 5.74) is 1.53. The van der Waals surface area contributed by atoms with E-state index < -0.39 is 0 Å². The maximum atomic E-state index is 12.8. The zero-order valence-electron chi connectivity index (χ0n) is 9.93. The number of aromatic amines is 1. The SMILES string of the molecule is O[14CH2]c1n[nH]c2cc(Sc3ccc(F)cc3)ccc12. The number of fused-ring (bicyclic) bond motifs is 1. The molecule has 0 spiro atoms. The van der Waals surface area contributed by atoms with E-state index >= 15 is 0 Å². The van der Waals surface area contributed by atoms with Crippen LogP contribution in [0, 0.1) is 5.82 Å². The van der Waals surface area contributed by atoms with Crippen LogP contribution in [0.4, 0.5) is 4.39 Å². The van der Waals surface area contributed by atoms with Crippen molar-refractivity contribution in [1.29, 1.82) is 0 Å². The van der Waals surface area contributed by atoms with Gasteiger partial charge in [0.05, 0.1) is 17.8 Å². The molecule has 0 aliphatic carbocycles. The standard InChI is InChI=1S/C14H11FN2OS/c15-9-1-3-10(4-2-9)19-11-5-6-12-13(7-11)16-17-14(12)8-18/h1-7,18H,8H2,(H,16,17)/i8+2. The number of benzene rings is 2. The highest BCUT2D eigenvalue weighted by Gasteiger charge is 2.06. The minimum atomic E-state index is -0.235. The van der Waals surface area contributed by atoms with Crippen LogP contribution in [0.2, 0.25) is 0 Å². The molecule has 96 valence electrons. The summed E-state index contributed by atoms with van der Waals surface area (Å²) in [6.07, 6.45) is 0. The van der Waals surface area contributed by atoms with Gasteiger partial charge in [0.1, 0.15) is 5.82 Å². The number of aliphatic hydroxyl groups excluding tert-OH is 1. The van der Waals surface area contributed by atoms with Crippen LogP contribution >= 0.6 is 11.8 Å². The molecule has 1 heterocycles. The topological polar surface area (TPSA) is 48.9 Å². The minimum absolute atomic E-state index is 0.0789. The summed E-state index contributed by atoms with van der Waals surface area (Å²) < 4.78 is 12.8. The Kier molecular flexibility index (Phi) is 3.23. The number of nitrogens with one attached hydrogen (secondary N) is 1. The summed E-state index contributed by atoms with van der Waals surface area (Å²) in [6.45, 7) is -0.0789. The van der Waals surface area contributed by atoms with Crippen molar-refractivity contribution in [2.75, 3.05) is 0 Å². The molecule has 3 aromatic rings. The Morgan fingerprint density at radius 1 is 1.11 bits per heavy atom. The molecule has 5 heteroatoms. The van der Waals surface area contributed by atoms with Crippen LogP contribution in [0.3, 0.4) is 0 Å². The predicted octanol–water partition coefficient (Wildman–Crippen LogP) is 3.35. The molecule has 2 N–H and O–H groups in total. The van der Waals surface area contributed by atoms with Gasteiger partial charge in [-0.3, -0.25) is 5.10 Å². The smallest absolute Gasteiger partial charge is 0.123 e. The predicted molar refractivity (Wildman–Crippen MR) is 72.5 cm³/mol. The van der Waals surface area contributed by atoms with Crippen molar-refractivity contribution in [3.05, 3.63) is 54.0 Å². The molecule has 0 bridgehead atoms. The van der Waals surface area contributed by atoms with Gasteiger partial charge in [-0.2, -0.15) is 5.10 Å². The van der Waals surface area contributed by atoms with Crippen LogP contribution in [-0.2, 0) is 6.61 Å². The zero-order chi connectivity index (χ0) is 13.2. The van der Waals surface area contributed by atoms with E-state index in [4.69, 9.17) is 5.11 Å². The lowest BCUT2D eigenvalue weighted by Gasteiger charge is -2.02. The van der Waals surface area contributed by atoms with E-state index in [-0.39, 0.29) is 12.4 Å². The van der Waals surface area contributed by atoms with Crippen LogP contribution in [0.15, 0.2) is 52.3 Å². The Bertz CT molecular complexity index is 709. The number of hydrogen-bond acceptors (Lipinski definition) is 3.